The lowest BCUT2D eigenvalue weighted by molar-refractivity contribution is -0.131. The largest absolute Gasteiger partial charge is 0.343 e. The number of rotatable bonds is 4. The first-order valence-corrected chi connectivity index (χ1v) is 6.03. The predicted octanol–water partition coefficient (Wildman–Crippen LogP) is 1.76. The molecule has 1 heterocycles. The lowest BCUT2D eigenvalue weighted by atomic mass is 9.89. The molecule has 0 unspecified atom stereocenters. The monoisotopic (exact) mass is 212 g/mol. The minimum atomic E-state index is 0.159. The fourth-order valence-electron chi connectivity index (χ4n) is 1.81. The Bertz CT molecular complexity index is 214. The molecule has 0 saturated carbocycles. The lowest BCUT2D eigenvalue weighted by Crippen LogP contribution is -2.35. The van der Waals surface area contributed by atoms with Crippen molar-refractivity contribution in [1.82, 2.24) is 4.90 Å². The van der Waals surface area contributed by atoms with Gasteiger partial charge in [-0.2, -0.15) is 0 Å². The molecule has 0 aromatic carbocycles. The van der Waals surface area contributed by atoms with Gasteiger partial charge in [-0.05, 0) is 31.2 Å². The van der Waals surface area contributed by atoms with Crippen LogP contribution in [0, 0.1) is 5.41 Å². The highest BCUT2D eigenvalue weighted by Crippen LogP contribution is 2.20. The Morgan fingerprint density at radius 1 is 1.33 bits per heavy atom. The quantitative estimate of drug-likeness (QED) is 0.772. The summed E-state index contributed by atoms with van der Waals surface area (Å²) in [5.41, 5.74) is 5.84. The van der Waals surface area contributed by atoms with Crippen molar-refractivity contribution in [2.75, 3.05) is 19.6 Å². The molecule has 1 fully saturated rings. The molecule has 1 amide bonds. The summed E-state index contributed by atoms with van der Waals surface area (Å²) in [6, 6.07) is 0. The Labute approximate surface area is 93.0 Å². The van der Waals surface area contributed by atoms with Gasteiger partial charge in [0.15, 0.2) is 0 Å². The number of nitrogens with two attached hydrogens (primary N) is 1. The second-order valence-electron chi connectivity index (χ2n) is 5.31. The summed E-state index contributed by atoms with van der Waals surface area (Å²) in [4.78, 5) is 13.7. The zero-order valence-electron chi connectivity index (χ0n) is 10.1. The smallest absolute Gasteiger partial charge is 0.222 e. The van der Waals surface area contributed by atoms with Crippen LogP contribution in [-0.4, -0.2) is 30.4 Å². The molecule has 0 aromatic rings. The molecular formula is C12H24N2O. The third-order valence-corrected chi connectivity index (χ3v) is 3.28. The Balaban J connectivity index is 2.39. The van der Waals surface area contributed by atoms with Crippen LogP contribution in [0.4, 0.5) is 0 Å². The van der Waals surface area contributed by atoms with Gasteiger partial charge in [0.25, 0.3) is 0 Å². The highest BCUT2D eigenvalue weighted by molar-refractivity contribution is 5.76. The molecule has 1 aliphatic heterocycles. The molecule has 0 aromatic heterocycles. The molecule has 3 nitrogen and oxygen atoms in total. The van der Waals surface area contributed by atoms with Crippen LogP contribution in [0.1, 0.15) is 46.0 Å². The molecule has 0 spiro atoms. The van der Waals surface area contributed by atoms with Gasteiger partial charge < -0.3 is 10.6 Å². The van der Waals surface area contributed by atoms with Gasteiger partial charge in [-0.3, -0.25) is 4.79 Å². The van der Waals surface area contributed by atoms with E-state index < -0.39 is 0 Å². The average molecular weight is 212 g/mol. The maximum absolute atomic E-state index is 11.7. The van der Waals surface area contributed by atoms with Crippen molar-refractivity contribution in [2.45, 2.75) is 46.0 Å². The minimum absolute atomic E-state index is 0.159. The third kappa shape index (κ3) is 4.20. The normalized spacial score (nSPS) is 19.1. The zero-order valence-corrected chi connectivity index (χ0v) is 10.1. The molecule has 0 radical (unpaired) electrons. The van der Waals surface area contributed by atoms with Crippen LogP contribution >= 0.6 is 0 Å². The Kier molecular flexibility index (Phi) is 4.58. The summed E-state index contributed by atoms with van der Waals surface area (Å²) < 4.78 is 0. The Morgan fingerprint density at radius 2 is 2.07 bits per heavy atom. The third-order valence-electron chi connectivity index (χ3n) is 3.28. The van der Waals surface area contributed by atoms with E-state index in [1.807, 2.05) is 4.90 Å². The molecule has 0 bridgehead atoms. The first-order valence-electron chi connectivity index (χ1n) is 6.03. The van der Waals surface area contributed by atoms with Crippen molar-refractivity contribution in [3.05, 3.63) is 0 Å². The molecule has 1 aliphatic rings. The first-order chi connectivity index (χ1) is 7.05. The van der Waals surface area contributed by atoms with Gasteiger partial charge in [-0.1, -0.05) is 20.3 Å². The van der Waals surface area contributed by atoms with Crippen molar-refractivity contribution >= 4 is 5.91 Å². The van der Waals surface area contributed by atoms with Gasteiger partial charge in [-0.25, -0.2) is 0 Å². The van der Waals surface area contributed by atoms with E-state index in [2.05, 4.69) is 13.8 Å². The molecule has 0 atom stereocenters. The van der Waals surface area contributed by atoms with Crippen LogP contribution in [0.25, 0.3) is 0 Å². The van der Waals surface area contributed by atoms with Crippen LogP contribution in [0.5, 0.6) is 0 Å². The van der Waals surface area contributed by atoms with Crippen LogP contribution in [0.2, 0.25) is 0 Å². The predicted molar refractivity (Wildman–Crippen MR) is 62.5 cm³/mol. The van der Waals surface area contributed by atoms with E-state index in [-0.39, 0.29) is 5.41 Å². The van der Waals surface area contributed by atoms with Crippen LogP contribution < -0.4 is 5.73 Å². The van der Waals surface area contributed by atoms with Gasteiger partial charge >= 0.3 is 0 Å². The molecular weight excluding hydrogens is 188 g/mol. The van der Waals surface area contributed by atoms with Crippen LogP contribution in [0.15, 0.2) is 0 Å². The fourth-order valence-corrected chi connectivity index (χ4v) is 1.81. The summed E-state index contributed by atoms with van der Waals surface area (Å²) in [5, 5.41) is 0. The number of likely N-dealkylation sites (tertiary alicyclic amines) is 1. The first kappa shape index (κ1) is 12.5. The van der Waals surface area contributed by atoms with Crippen molar-refractivity contribution in [1.29, 1.82) is 0 Å². The average Bonchev–Trinajstić information content (AvgIpc) is 2.40. The molecule has 2 N–H and O–H groups in total. The highest BCUT2D eigenvalue weighted by Gasteiger charge is 2.21. The van der Waals surface area contributed by atoms with E-state index in [1.54, 1.807) is 0 Å². The summed E-state index contributed by atoms with van der Waals surface area (Å²) >= 11 is 0. The number of carbonyl (C=O) groups excluding carboxylic acids is 1. The summed E-state index contributed by atoms with van der Waals surface area (Å²) in [6.45, 7) is 6.84. The van der Waals surface area contributed by atoms with E-state index >= 15 is 0 Å². The highest BCUT2D eigenvalue weighted by atomic mass is 16.2. The molecule has 15 heavy (non-hydrogen) atoms. The van der Waals surface area contributed by atoms with Crippen molar-refractivity contribution in [3.63, 3.8) is 0 Å². The van der Waals surface area contributed by atoms with Crippen LogP contribution in [-0.2, 0) is 4.79 Å². The van der Waals surface area contributed by atoms with Gasteiger partial charge in [0, 0.05) is 19.5 Å². The summed E-state index contributed by atoms with van der Waals surface area (Å²) in [6.07, 6.45) is 5.17. The summed E-state index contributed by atoms with van der Waals surface area (Å²) in [5.74, 6) is 0.334. The standard InChI is InChI=1S/C12H24N2O/c1-12(2,10-13)7-9-14-8-5-3-4-6-11(14)15/h3-10,13H2,1-2H3. The number of hydrogen-bond donors (Lipinski definition) is 1. The van der Waals surface area contributed by atoms with E-state index in [4.69, 9.17) is 5.73 Å². The fraction of sp³-hybridized carbons (Fsp3) is 0.917. The zero-order chi connectivity index (χ0) is 11.3. The SMILES string of the molecule is CC(C)(CN)CCN1CCCCCC1=O. The van der Waals surface area contributed by atoms with E-state index in [0.717, 1.165) is 38.8 Å². The van der Waals surface area contributed by atoms with E-state index in [1.165, 1.54) is 6.42 Å². The topological polar surface area (TPSA) is 46.3 Å². The lowest BCUT2D eigenvalue weighted by Gasteiger charge is -2.27. The number of hydrogen-bond acceptors (Lipinski definition) is 2. The Morgan fingerprint density at radius 3 is 2.73 bits per heavy atom. The van der Waals surface area contributed by atoms with Gasteiger partial charge in [0.1, 0.15) is 0 Å². The van der Waals surface area contributed by atoms with Crippen molar-refractivity contribution in [2.24, 2.45) is 11.1 Å². The second kappa shape index (κ2) is 5.50. The molecule has 88 valence electrons. The molecule has 1 saturated heterocycles. The number of amides is 1. The molecule has 0 aliphatic carbocycles. The second-order valence-corrected chi connectivity index (χ2v) is 5.31. The number of carbonyl (C=O) groups is 1. The van der Waals surface area contributed by atoms with Crippen molar-refractivity contribution in [3.8, 4) is 0 Å². The summed E-state index contributed by atoms with van der Waals surface area (Å²) in [7, 11) is 0. The van der Waals surface area contributed by atoms with Crippen molar-refractivity contribution < 1.29 is 4.79 Å². The van der Waals surface area contributed by atoms with Gasteiger partial charge in [0.05, 0.1) is 0 Å². The maximum atomic E-state index is 11.7. The van der Waals surface area contributed by atoms with E-state index in [0.29, 0.717) is 12.5 Å². The molecule has 1 rings (SSSR count). The van der Waals surface area contributed by atoms with Gasteiger partial charge in [-0.15, -0.1) is 0 Å². The molecule has 3 heteroatoms. The van der Waals surface area contributed by atoms with Crippen LogP contribution in [0.3, 0.4) is 0 Å². The van der Waals surface area contributed by atoms with Gasteiger partial charge in [0.2, 0.25) is 5.91 Å². The Hall–Kier alpha value is -0.570. The van der Waals surface area contributed by atoms with E-state index in [9.17, 15) is 4.79 Å². The minimum Gasteiger partial charge on any atom is -0.343 e. The maximum Gasteiger partial charge on any atom is 0.222 e. The number of nitrogens with zero attached hydrogens (tertiary/aromatic N) is 1.